The fraction of sp³-hybridized carbons (Fsp3) is 0.444. The number of rotatable bonds is 6. The van der Waals surface area contributed by atoms with Crippen LogP contribution < -0.4 is 5.32 Å². The minimum Gasteiger partial charge on any atom is -0.448 e. The third-order valence-electron chi connectivity index (χ3n) is 3.87. The van der Waals surface area contributed by atoms with Crippen LogP contribution in [0, 0.1) is 19.8 Å². The molecule has 0 fully saturated rings. The highest BCUT2D eigenvalue weighted by Crippen LogP contribution is 2.29. The molecule has 0 saturated carbocycles. The maximum Gasteiger partial charge on any atom is 0.349 e. The van der Waals surface area contributed by atoms with E-state index in [2.05, 4.69) is 29.4 Å². The number of nitrogens with zero attached hydrogens (tertiary/aromatic N) is 3. The number of aromatic nitrogens is 3. The summed E-state index contributed by atoms with van der Waals surface area (Å²) in [6.07, 6.45) is -0.971. The summed E-state index contributed by atoms with van der Waals surface area (Å²) in [5.41, 5.74) is 1.51. The van der Waals surface area contributed by atoms with E-state index in [1.165, 1.54) is 18.3 Å². The lowest BCUT2D eigenvalue weighted by molar-refractivity contribution is -0.123. The van der Waals surface area contributed by atoms with Crippen LogP contribution in [0.5, 0.6) is 0 Å². The van der Waals surface area contributed by atoms with Crippen molar-refractivity contribution in [3.63, 3.8) is 0 Å². The molecule has 0 aromatic carbocycles. The fourth-order valence-electron chi connectivity index (χ4n) is 2.60. The van der Waals surface area contributed by atoms with Gasteiger partial charge in [-0.3, -0.25) is 14.8 Å². The number of carbonyl (C=O) groups is 2. The normalized spacial score (nSPS) is 12.5. The van der Waals surface area contributed by atoms with Gasteiger partial charge in [-0.25, -0.2) is 4.79 Å². The van der Waals surface area contributed by atoms with Crippen molar-refractivity contribution in [2.24, 2.45) is 5.92 Å². The van der Waals surface area contributed by atoms with E-state index in [-0.39, 0.29) is 5.88 Å². The number of fused-ring (bicyclic) bond motifs is 1. The Labute approximate surface area is 160 Å². The van der Waals surface area contributed by atoms with Gasteiger partial charge in [0.2, 0.25) is 5.88 Å². The highest BCUT2D eigenvalue weighted by Gasteiger charge is 2.23. The molecule has 1 N–H and O–H groups in total. The van der Waals surface area contributed by atoms with Crippen molar-refractivity contribution >= 4 is 39.3 Å². The first-order valence-electron chi connectivity index (χ1n) is 8.66. The SMILES string of the molecule is Cc1cc(NC(=O)[C@@H](C)OC(=O)c2cc3c(C)nn(CC(C)C)c3s2)on1. The second-order valence-corrected chi connectivity index (χ2v) is 7.89. The standard InChI is InChI=1S/C18H22N4O4S/c1-9(2)8-22-17-13(11(4)20-22)7-14(27-17)18(24)25-12(5)16(23)19-15-6-10(3)21-26-15/h6-7,9,12H,8H2,1-5H3,(H,19,23)/t12-/m1/s1. The summed E-state index contributed by atoms with van der Waals surface area (Å²) in [5, 5.41) is 11.7. The summed E-state index contributed by atoms with van der Waals surface area (Å²) in [7, 11) is 0. The van der Waals surface area contributed by atoms with Crippen molar-refractivity contribution in [2.45, 2.75) is 47.3 Å². The van der Waals surface area contributed by atoms with E-state index < -0.39 is 18.0 Å². The number of ether oxygens (including phenoxy) is 1. The van der Waals surface area contributed by atoms with Crippen molar-refractivity contribution in [1.29, 1.82) is 0 Å². The average molecular weight is 390 g/mol. The van der Waals surface area contributed by atoms with Gasteiger partial charge in [0.15, 0.2) is 6.10 Å². The predicted molar refractivity (Wildman–Crippen MR) is 102 cm³/mol. The fourth-order valence-corrected chi connectivity index (χ4v) is 3.65. The molecule has 8 nitrogen and oxygen atoms in total. The predicted octanol–water partition coefficient (Wildman–Crippen LogP) is 3.54. The van der Waals surface area contributed by atoms with E-state index in [0.717, 1.165) is 22.5 Å². The molecule has 3 aromatic rings. The number of hydrogen-bond acceptors (Lipinski definition) is 7. The van der Waals surface area contributed by atoms with Gasteiger partial charge in [0, 0.05) is 18.0 Å². The number of hydrogen-bond donors (Lipinski definition) is 1. The molecule has 0 saturated heterocycles. The van der Waals surface area contributed by atoms with Crippen LogP contribution in [-0.2, 0) is 16.1 Å². The average Bonchev–Trinajstić information content (AvgIpc) is 3.25. The minimum absolute atomic E-state index is 0.215. The van der Waals surface area contributed by atoms with E-state index in [9.17, 15) is 9.59 Å². The molecule has 3 rings (SSSR count). The van der Waals surface area contributed by atoms with Crippen LogP contribution >= 0.6 is 11.3 Å². The molecule has 9 heteroatoms. The first-order valence-corrected chi connectivity index (χ1v) is 9.48. The highest BCUT2D eigenvalue weighted by atomic mass is 32.1. The largest absolute Gasteiger partial charge is 0.448 e. The summed E-state index contributed by atoms with van der Waals surface area (Å²) in [4.78, 5) is 26.0. The van der Waals surface area contributed by atoms with Gasteiger partial charge >= 0.3 is 5.97 Å². The molecule has 27 heavy (non-hydrogen) atoms. The van der Waals surface area contributed by atoms with Gasteiger partial charge in [-0.2, -0.15) is 5.10 Å². The Kier molecular flexibility index (Phi) is 5.31. The summed E-state index contributed by atoms with van der Waals surface area (Å²) in [6.45, 7) is 10.2. The smallest absolute Gasteiger partial charge is 0.349 e. The number of anilines is 1. The summed E-state index contributed by atoms with van der Waals surface area (Å²) in [5.74, 6) is -0.369. The Bertz CT molecular complexity index is 985. The first kappa shape index (κ1) is 19.1. The van der Waals surface area contributed by atoms with Gasteiger partial charge in [-0.05, 0) is 32.8 Å². The molecule has 0 unspecified atom stereocenters. The maximum absolute atomic E-state index is 12.5. The van der Waals surface area contributed by atoms with Crippen LogP contribution in [0.15, 0.2) is 16.7 Å². The van der Waals surface area contributed by atoms with Crippen LogP contribution in [0.2, 0.25) is 0 Å². The van der Waals surface area contributed by atoms with Gasteiger partial charge in [-0.1, -0.05) is 19.0 Å². The lowest BCUT2D eigenvalue weighted by Crippen LogP contribution is -2.29. The van der Waals surface area contributed by atoms with E-state index in [1.807, 2.05) is 11.6 Å². The van der Waals surface area contributed by atoms with Crippen molar-refractivity contribution in [1.82, 2.24) is 14.9 Å². The molecule has 0 aliphatic heterocycles. The van der Waals surface area contributed by atoms with Crippen molar-refractivity contribution < 1.29 is 18.8 Å². The first-order chi connectivity index (χ1) is 12.7. The number of esters is 1. The molecule has 0 spiro atoms. The second kappa shape index (κ2) is 7.51. The summed E-state index contributed by atoms with van der Waals surface area (Å²) >= 11 is 1.32. The Morgan fingerprint density at radius 3 is 2.67 bits per heavy atom. The second-order valence-electron chi connectivity index (χ2n) is 6.86. The molecule has 3 aromatic heterocycles. The topological polar surface area (TPSA) is 99.2 Å². The highest BCUT2D eigenvalue weighted by molar-refractivity contribution is 7.20. The molecule has 1 atom stereocenters. The Morgan fingerprint density at radius 2 is 2.04 bits per heavy atom. The van der Waals surface area contributed by atoms with E-state index in [0.29, 0.717) is 16.5 Å². The van der Waals surface area contributed by atoms with E-state index >= 15 is 0 Å². The molecular formula is C18H22N4O4S. The van der Waals surface area contributed by atoms with Crippen LogP contribution in [0.4, 0.5) is 5.88 Å². The van der Waals surface area contributed by atoms with Gasteiger partial charge in [-0.15, -0.1) is 11.3 Å². The lowest BCUT2D eigenvalue weighted by Gasteiger charge is -2.11. The number of thiophene rings is 1. The molecule has 0 aliphatic carbocycles. The van der Waals surface area contributed by atoms with Crippen molar-refractivity contribution in [2.75, 3.05) is 5.32 Å². The maximum atomic E-state index is 12.5. The number of carbonyl (C=O) groups excluding carboxylic acids is 2. The van der Waals surface area contributed by atoms with Crippen molar-refractivity contribution in [3.8, 4) is 0 Å². The zero-order valence-corrected chi connectivity index (χ0v) is 16.7. The summed E-state index contributed by atoms with van der Waals surface area (Å²) in [6, 6.07) is 3.35. The van der Waals surface area contributed by atoms with Crippen LogP contribution in [-0.4, -0.2) is 32.9 Å². The van der Waals surface area contributed by atoms with Crippen LogP contribution in [0.25, 0.3) is 10.2 Å². The molecule has 0 aliphatic rings. The third-order valence-corrected chi connectivity index (χ3v) is 5.00. The molecule has 144 valence electrons. The molecular weight excluding hydrogens is 368 g/mol. The van der Waals surface area contributed by atoms with Crippen LogP contribution in [0.1, 0.15) is 41.8 Å². The molecule has 3 heterocycles. The van der Waals surface area contributed by atoms with Crippen molar-refractivity contribution in [3.05, 3.63) is 28.4 Å². The minimum atomic E-state index is -0.971. The molecule has 0 bridgehead atoms. The van der Waals surface area contributed by atoms with E-state index in [4.69, 9.17) is 9.26 Å². The third kappa shape index (κ3) is 4.19. The van der Waals surface area contributed by atoms with Gasteiger partial charge in [0.05, 0.1) is 11.4 Å². The Balaban J connectivity index is 1.70. The zero-order chi connectivity index (χ0) is 19.7. The zero-order valence-electron chi connectivity index (χ0n) is 15.9. The number of nitrogens with one attached hydrogen (secondary N) is 1. The number of aryl methyl sites for hydroxylation is 2. The Morgan fingerprint density at radius 1 is 1.30 bits per heavy atom. The van der Waals surface area contributed by atoms with Gasteiger partial charge < -0.3 is 9.26 Å². The van der Waals surface area contributed by atoms with Gasteiger partial charge in [0.1, 0.15) is 9.71 Å². The lowest BCUT2D eigenvalue weighted by atomic mass is 10.2. The summed E-state index contributed by atoms with van der Waals surface area (Å²) < 4.78 is 12.2. The Hall–Kier alpha value is -2.68. The van der Waals surface area contributed by atoms with E-state index in [1.54, 1.807) is 19.1 Å². The molecule has 1 amide bonds. The monoisotopic (exact) mass is 390 g/mol. The molecule has 0 radical (unpaired) electrons. The van der Waals surface area contributed by atoms with Crippen LogP contribution in [0.3, 0.4) is 0 Å². The number of amides is 1. The van der Waals surface area contributed by atoms with Gasteiger partial charge in [0.25, 0.3) is 5.91 Å². The quantitative estimate of drug-likeness (QED) is 0.646.